The second-order valence-electron chi connectivity index (χ2n) is 6.34. The normalized spacial score (nSPS) is 17.2. The van der Waals surface area contributed by atoms with Gasteiger partial charge in [0.15, 0.2) is 0 Å². The Kier molecular flexibility index (Phi) is 4.88. The lowest BCUT2D eigenvalue weighted by Crippen LogP contribution is -2.20. The minimum absolute atomic E-state index is 0.00340. The maximum atomic E-state index is 12.9. The Balaban J connectivity index is 1.93. The predicted molar refractivity (Wildman–Crippen MR) is 91.1 cm³/mol. The number of fused-ring (bicyclic) bond motifs is 1. The molecule has 0 aromatic carbocycles. The number of hydrogen-bond acceptors (Lipinski definition) is 3. The lowest BCUT2D eigenvalue weighted by atomic mass is 10.00. The number of aromatic nitrogens is 2. The van der Waals surface area contributed by atoms with Gasteiger partial charge < -0.3 is 13.9 Å². The molecule has 5 heteroatoms. The molecule has 0 spiro atoms. The van der Waals surface area contributed by atoms with Gasteiger partial charge >= 0.3 is 5.97 Å². The number of hydrogen-bond donors (Lipinski definition) is 0. The summed E-state index contributed by atoms with van der Waals surface area (Å²) in [5, 5.41) is 0. The molecular formula is C19H24N2O3. The Morgan fingerprint density at radius 2 is 2.04 bits per heavy atom. The second kappa shape index (κ2) is 7.07. The summed E-state index contributed by atoms with van der Waals surface area (Å²) in [5.74, 6) is -0.443. The predicted octanol–water partition coefficient (Wildman–Crippen LogP) is 3.28. The average Bonchev–Trinajstić information content (AvgIpc) is 3.13. The minimum atomic E-state index is -0.269. The summed E-state index contributed by atoms with van der Waals surface area (Å²) in [6, 6.07) is 7.45. The zero-order valence-electron chi connectivity index (χ0n) is 14.3. The van der Waals surface area contributed by atoms with Gasteiger partial charge in [0, 0.05) is 25.5 Å². The molecule has 128 valence electrons. The third-order valence-corrected chi connectivity index (χ3v) is 4.64. The second-order valence-corrected chi connectivity index (χ2v) is 6.34. The van der Waals surface area contributed by atoms with Crippen LogP contribution in [0.2, 0.25) is 0 Å². The van der Waals surface area contributed by atoms with Crippen LogP contribution in [0.4, 0.5) is 0 Å². The molecule has 0 saturated carbocycles. The molecule has 1 aliphatic rings. The molecule has 1 unspecified atom stereocenters. The van der Waals surface area contributed by atoms with Gasteiger partial charge in [-0.2, -0.15) is 0 Å². The van der Waals surface area contributed by atoms with Gasteiger partial charge in [0.1, 0.15) is 0 Å². The largest absolute Gasteiger partial charge is 0.465 e. The van der Waals surface area contributed by atoms with Crippen molar-refractivity contribution in [3.8, 4) is 0 Å². The van der Waals surface area contributed by atoms with Crippen molar-refractivity contribution >= 4 is 11.8 Å². The van der Waals surface area contributed by atoms with Crippen molar-refractivity contribution in [2.45, 2.75) is 45.1 Å². The van der Waals surface area contributed by atoms with Crippen molar-refractivity contribution < 1.29 is 14.3 Å². The molecule has 1 aliphatic heterocycles. The molecule has 24 heavy (non-hydrogen) atoms. The van der Waals surface area contributed by atoms with Crippen LogP contribution in [-0.2, 0) is 23.1 Å². The first-order valence-electron chi connectivity index (χ1n) is 8.65. The van der Waals surface area contributed by atoms with Crippen LogP contribution >= 0.6 is 0 Å². The zero-order valence-corrected chi connectivity index (χ0v) is 14.3. The number of carbonyl (C=O) groups is 2. The summed E-state index contributed by atoms with van der Waals surface area (Å²) < 4.78 is 9.20. The average molecular weight is 328 g/mol. The van der Waals surface area contributed by atoms with Crippen molar-refractivity contribution in [1.82, 2.24) is 9.13 Å². The Morgan fingerprint density at radius 3 is 2.75 bits per heavy atom. The van der Waals surface area contributed by atoms with E-state index in [2.05, 4.69) is 0 Å². The topological polar surface area (TPSA) is 53.2 Å². The van der Waals surface area contributed by atoms with Crippen LogP contribution < -0.4 is 0 Å². The van der Waals surface area contributed by atoms with Gasteiger partial charge in [-0.25, -0.2) is 0 Å². The number of aryl methyl sites for hydroxylation is 1. The molecular weight excluding hydrogens is 304 g/mol. The zero-order chi connectivity index (χ0) is 17.1. The summed E-state index contributed by atoms with van der Waals surface area (Å²) in [6.45, 7) is 3.20. The fourth-order valence-electron chi connectivity index (χ4n) is 3.37. The van der Waals surface area contributed by atoms with E-state index in [9.17, 15) is 9.59 Å². The highest BCUT2D eigenvalue weighted by Gasteiger charge is 2.29. The van der Waals surface area contributed by atoms with Crippen LogP contribution in [0.15, 0.2) is 30.5 Å². The van der Waals surface area contributed by atoms with E-state index in [-0.39, 0.29) is 17.7 Å². The van der Waals surface area contributed by atoms with Gasteiger partial charge in [0.25, 0.3) is 0 Å². The van der Waals surface area contributed by atoms with Gasteiger partial charge in [0.2, 0.25) is 5.78 Å². The molecule has 0 saturated heterocycles. The van der Waals surface area contributed by atoms with Crippen LogP contribution in [0.3, 0.4) is 0 Å². The third-order valence-electron chi connectivity index (χ3n) is 4.64. The van der Waals surface area contributed by atoms with Crippen molar-refractivity contribution in [3.63, 3.8) is 0 Å². The summed E-state index contributed by atoms with van der Waals surface area (Å²) in [7, 11) is 1.87. The highest BCUT2D eigenvalue weighted by atomic mass is 16.5. The van der Waals surface area contributed by atoms with Crippen molar-refractivity contribution in [2.75, 3.05) is 6.61 Å². The fraction of sp³-hybridized carbons (Fsp3) is 0.474. The van der Waals surface area contributed by atoms with E-state index in [0.29, 0.717) is 18.0 Å². The number of carbonyl (C=O) groups excluding carboxylic acids is 2. The van der Waals surface area contributed by atoms with Gasteiger partial charge in [0.05, 0.1) is 23.9 Å². The third kappa shape index (κ3) is 3.03. The van der Waals surface area contributed by atoms with Gasteiger partial charge in [-0.15, -0.1) is 0 Å². The molecule has 0 N–H and O–H groups in total. The molecule has 0 radical (unpaired) electrons. The van der Waals surface area contributed by atoms with E-state index >= 15 is 0 Å². The summed E-state index contributed by atoms with van der Waals surface area (Å²) >= 11 is 0. The highest BCUT2D eigenvalue weighted by molar-refractivity contribution is 6.07. The molecule has 0 fully saturated rings. The summed E-state index contributed by atoms with van der Waals surface area (Å²) in [4.78, 5) is 25.3. The number of ether oxygens (including phenoxy) is 1. The maximum absolute atomic E-state index is 12.9. The van der Waals surface area contributed by atoms with E-state index < -0.39 is 0 Å². The van der Waals surface area contributed by atoms with Crippen molar-refractivity contribution in [2.24, 2.45) is 7.05 Å². The smallest absolute Gasteiger partial charge is 0.314 e. The van der Waals surface area contributed by atoms with Crippen molar-refractivity contribution in [1.29, 1.82) is 0 Å². The van der Waals surface area contributed by atoms with Crippen LogP contribution in [-0.4, -0.2) is 27.5 Å². The molecule has 2 aromatic rings. The lowest BCUT2D eigenvalue weighted by Gasteiger charge is -2.16. The molecule has 0 aliphatic carbocycles. The first-order chi connectivity index (χ1) is 11.6. The van der Waals surface area contributed by atoms with Gasteiger partial charge in [-0.1, -0.05) is 13.3 Å². The van der Waals surface area contributed by atoms with E-state index in [1.165, 1.54) is 0 Å². The molecule has 0 amide bonds. The van der Waals surface area contributed by atoms with Crippen LogP contribution in [0.5, 0.6) is 0 Å². The minimum Gasteiger partial charge on any atom is -0.465 e. The summed E-state index contributed by atoms with van der Waals surface area (Å²) in [6.07, 6.45) is 5.39. The monoisotopic (exact) mass is 328 g/mol. The Morgan fingerprint density at radius 1 is 1.21 bits per heavy atom. The van der Waals surface area contributed by atoms with E-state index in [4.69, 9.17) is 4.74 Å². The van der Waals surface area contributed by atoms with Gasteiger partial charge in [-0.05, 0) is 43.5 Å². The van der Waals surface area contributed by atoms with Crippen LogP contribution in [0.25, 0.3) is 0 Å². The van der Waals surface area contributed by atoms with Crippen molar-refractivity contribution in [3.05, 3.63) is 47.5 Å². The first-order valence-corrected chi connectivity index (χ1v) is 8.65. The SMILES string of the molecule is CCCOC(=O)C1CCCCn2c(C(=O)c3cccn3C)ccc21. The molecule has 0 bridgehead atoms. The quantitative estimate of drug-likeness (QED) is 0.625. The maximum Gasteiger partial charge on any atom is 0.314 e. The van der Waals surface area contributed by atoms with Crippen LogP contribution in [0.1, 0.15) is 60.4 Å². The van der Waals surface area contributed by atoms with Crippen LogP contribution in [0, 0.1) is 0 Å². The summed E-state index contributed by atoms with van der Waals surface area (Å²) in [5.41, 5.74) is 2.22. The lowest BCUT2D eigenvalue weighted by molar-refractivity contribution is -0.145. The Labute approximate surface area is 142 Å². The number of ketones is 1. The van der Waals surface area contributed by atoms with E-state index in [1.807, 2.05) is 53.6 Å². The van der Waals surface area contributed by atoms with E-state index in [0.717, 1.165) is 37.9 Å². The number of nitrogens with zero attached hydrogens (tertiary/aromatic N) is 2. The number of esters is 1. The Hall–Kier alpha value is -2.30. The molecule has 3 rings (SSSR count). The first kappa shape index (κ1) is 16.6. The van der Waals surface area contributed by atoms with Gasteiger partial charge in [-0.3, -0.25) is 9.59 Å². The molecule has 1 atom stereocenters. The molecule has 5 nitrogen and oxygen atoms in total. The molecule has 3 heterocycles. The van der Waals surface area contributed by atoms with E-state index in [1.54, 1.807) is 0 Å². The molecule has 2 aromatic heterocycles. The Bertz CT molecular complexity index is 742. The highest BCUT2D eigenvalue weighted by Crippen LogP contribution is 2.30. The standard InChI is InChI=1S/C19H24N2O3/c1-3-13-24-19(23)14-7-4-5-12-21-15(14)9-10-17(21)18(22)16-8-6-11-20(16)2/h6,8-11,14H,3-5,7,12-13H2,1-2H3. The fourth-order valence-corrected chi connectivity index (χ4v) is 3.37. The number of rotatable bonds is 5.